The fourth-order valence-electron chi connectivity index (χ4n) is 4.79. The van der Waals surface area contributed by atoms with Crippen molar-refractivity contribution in [3.8, 4) is 11.3 Å². The fraction of sp³-hybridized carbons (Fsp3) is 0.385. The predicted molar refractivity (Wildman–Crippen MR) is 125 cm³/mol. The van der Waals surface area contributed by atoms with E-state index in [0.29, 0.717) is 55.1 Å². The lowest BCUT2D eigenvalue weighted by molar-refractivity contribution is -0.118. The molecule has 0 aliphatic carbocycles. The first-order valence-corrected chi connectivity index (χ1v) is 11.5. The van der Waals surface area contributed by atoms with Crippen molar-refractivity contribution in [3.63, 3.8) is 0 Å². The molecule has 1 amide bonds. The second kappa shape index (κ2) is 10.0. The van der Waals surface area contributed by atoms with Gasteiger partial charge in [-0.2, -0.15) is 0 Å². The summed E-state index contributed by atoms with van der Waals surface area (Å²) >= 11 is 0. The van der Waals surface area contributed by atoms with Gasteiger partial charge in [-0.15, -0.1) is 0 Å². The van der Waals surface area contributed by atoms with Crippen LogP contribution in [0.5, 0.6) is 0 Å². The molecule has 4 N–H and O–H groups in total. The van der Waals surface area contributed by atoms with Crippen molar-refractivity contribution >= 4 is 5.91 Å². The summed E-state index contributed by atoms with van der Waals surface area (Å²) in [7, 11) is 0. The highest BCUT2D eigenvalue weighted by Crippen LogP contribution is 2.45. The van der Waals surface area contributed by atoms with Crippen LogP contribution in [-0.2, 0) is 16.8 Å². The second-order valence-corrected chi connectivity index (χ2v) is 8.82. The van der Waals surface area contributed by atoms with E-state index in [1.54, 1.807) is 19.1 Å². The van der Waals surface area contributed by atoms with E-state index in [2.05, 4.69) is 15.8 Å². The normalized spacial score (nSPS) is 21.3. The largest absolute Gasteiger partial charge is 0.388 e. The number of rotatable bonds is 7. The first-order valence-electron chi connectivity index (χ1n) is 11.5. The zero-order valence-corrected chi connectivity index (χ0v) is 19.3. The van der Waals surface area contributed by atoms with Gasteiger partial charge in [0.1, 0.15) is 11.4 Å². The third-order valence-corrected chi connectivity index (χ3v) is 6.47. The average Bonchev–Trinajstić information content (AvgIpc) is 3.24. The number of nitrogens with one attached hydrogen (secondary N) is 2. The average molecular weight is 468 g/mol. The van der Waals surface area contributed by atoms with Gasteiger partial charge in [-0.05, 0) is 49.6 Å². The molecule has 0 radical (unpaired) electrons. The summed E-state index contributed by atoms with van der Waals surface area (Å²) in [5, 5.41) is 33.0. The van der Waals surface area contributed by atoms with E-state index in [4.69, 9.17) is 4.52 Å². The van der Waals surface area contributed by atoms with Crippen LogP contribution in [0.1, 0.15) is 54.7 Å². The first-order chi connectivity index (χ1) is 16.3. The van der Waals surface area contributed by atoms with E-state index in [9.17, 15) is 19.4 Å². The van der Waals surface area contributed by atoms with Crippen molar-refractivity contribution in [2.24, 2.45) is 0 Å². The standard InChI is InChI=1S/C26H30FN3O4/c1-16(31)23-24(22-15-28-13-11-26(22,33)19-7-5-8-20(27)14-19)30-34-25(23)21-9-4-3-6-18(21)10-12-29-17(2)32/h3-9,14,16,22,28,31,33H,10-13,15H2,1-2H3,(H,29,32)/t16?,22-,26+/m1/s1. The Labute approximate surface area is 198 Å². The number of halogens is 1. The van der Waals surface area contributed by atoms with Gasteiger partial charge >= 0.3 is 0 Å². The van der Waals surface area contributed by atoms with Crippen molar-refractivity contribution in [1.82, 2.24) is 15.8 Å². The summed E-state index contributed by atoms with van der Waals surface area (Å²) in [5.74, 6) is -0.661. The van der Waals surface area contributed by atoms with Gasteiger partial charge < -0.3 is 25.4 Å². The number of aliphatic hydroxyl groups is 2. The molecule has 180 valence electrons. The molecule has 2 heterocycles. The number of aromatic nitrogens is 1. The van der Waals surface area contributed by atoms with Crippen molar-refractivity contribution in [2.45, 2.75) is 44.3 Å². The molecule has 1 aromatic heterocycles. The monoisotopic (exact) mass is 467 g/mol. The van der Waals surface area contributed by atoms with Crippen LogP contribution in [0.4, 0.5) is 4.39 Å². The number of amides is 1. The summed E-state index contributed by atoms with van der Waals surface area (Å²) in [5.41, 5.74) is 1.73. The Bertz CT molecular complexity index is 1160. The molecule has 1 saturated heterocycles. The Balaban J connectivity index is 1.77. The quantitative estimate of drug-likeness (QED) is 0.425. The van der Waals surface area contributed by atoms with Crippen LogP contribution >= 0.6 is 0 Å². The molecule has 0 spiro atoms. The summed E-state index contributed by atoms with van der Waals surface area (Å²) in [4.78, 5) is 11.3. The second-order valence-electron chi connectivity index (χ2n) is 8.82. The van der Waals surface area contributed by atoms with E-state index in [0.717, 1.165) is 11.1 Å². The molecule has 1 aliphatic rings. The first kappa shape index (κ1) is 24.1. The highest BCUT2D eigenvalue weighted by molar-refractivity contribution is 5.73. The number of aliphatic hydroxyl groups excluding tert-OH is 1. The molecule has 3 aromatic rings. The van der Waals surface area contributed by atoms with E-state index in [1.807, 2.05) is 24.3 Å². The lowest BCUT2D eigenvalue weighted by Gasteiger charge is -2.40. The van der Waals surface area contributed by atoms with Crippen molar-refractivity contribution < 1.29 is 23.9 Å². The van der Waals surface area contributed by atoms with Crippen LogP contribution in [0.2, 0.25) is 0 Å². The number of carbonyl (C=O) groups excluding carboxylic acids is 1. The smallest absolute Gasteiger partial charge is 0.216 e. The Hall–Kier alpha value is -3.07. The van der Waals surface area contributed by atoms with Gasteiger partial charge in [0.25, 0.3) is 0 Å². The van der Waals surface area contributed by atoms with Crippen LogP contribution in [0.15, 0.2) is 53.1 Å². The lowest BCUT2D eigenvalue weighted by Crippen LogP contribution is -2.47. The maximum absolute atomic E-state index is 14.0. The van der Waals surface area contributed by atoms with Gasteiger partial charge in [0.2, 0.25) is 5.91 Å². The van der Waals surface area contributed by atoms with E-state index >= 15 is 0 Å². The molecule has 4 rings (SSSR count). The van der Waals surface area contributed by atoms with Crippen molar-refractivity contribution in [3.05, 3.63) is 76.7 Å². The summed E-state index contributed by atoms with van der Waals surface area (Å²) in [6.45, 7) is 4.52. The van der Waals surface area contributed by atoms with E-state index in [1.165, 1.54) is 19.1 Å². The molecule has 0 bridgehead atoms. The zero-order chi connectivity index (χ0) is 24.3. The minimum absolute atomic E-state index is 0.106. The number of nitrogens with zero attached hydrogens (tertiary/aromatic N) is 1. The number of benzene rings is 2. The Morgan fingerprint density at radius 3 is 2.85 bits per heavy atom. The van der Waals surface area contributed by atoms with Gasteiger partial charge in [0, 0.05) is 25.6 Å². The molecule has 3 atom stereocenters. The van der Waals surface area contributed by atoms with Crippen LogP contribution in [0.25, 0.3) is 11.3 Å². The predicted octanol–water partition coefficient (Wildman–Crippen LogP) is 3.18. The molecule has 34 heavy (non-hydrogen) atoms. The minimum Gasteiger partial charge on any atom is -0.388 e. The highest BCUT2D eigenvalue weighted by atomic mass is 19.1. The minimum atomic E-state index is -1.38. The number of hydrogen-bond acceptors (Lipinski definition) is 6. The van der Waals surface area contributed by atoms with Crippen LogP contribution in [0, 0.1) is 5.82 Å². The highest BCUT2D eigenvalue weighted by Gasteiger charge is 2.45. The molecule has 1 fully saturated rings. The van der Waals surface area contributed by atoms with Crippen molar-refractivity contribution in [1.29, 1.82) is 0 Å². The zero-order valence-electron chi connectivity index (χ0n) is 19.3. The Morgan fingerprint density at radius 2 is 2.12 bits per heavy atom. The molecule has 0 saturated carbocycles. The van der Waals surface area contributed by atoms with Crippen LogP contribution in [-0.4, -0.2) is 40.9 Å². The van der Waals surface area contributed by atoms with Gasteiger partial charge in [-0.3, -0.25) is 4.79 Å². The molecule has 1 aliphatic heterocycles. The number of carbonyl (C=O) groups is 1. The third-order valence-electron chi connectivity index (χ3n) is 6.47. The molecular formula is C26H30FN3O4. The van der Waals surface area contributed by atoms with Crippen LogP contribution in [0.3, 0.4) is 0 Å². The fourth-order valence-corrected chi connectivity index (χ4v) is 4.79. The van der Waals surface area contributed by atoms with E-state index in [-0.39, 0.29) is 5.91 Å². The number of hydrogen-bond donors (Lipinski definition) is 4. The Morgan fingerprint density at radius 1 is 1.32 bits per heavy atom. The molecule has 2 aromatic carbocycles. The van der Waals surface area contributed by atoms with Crippen LogP contribution < -0.4 is 10.6 Å². The molecule has 7 nitrogen and oxygen atoms in total. The molecule has 8 heteroatoms. The molecular weight excluding hydrogens is 437 g/mol. The van der Waals surface area contributed by atoms with Gasteiger partial charge in [-0.1, -0.05) is 41.6 Å². The summed E-state index contributed by atoms with van der Waals surface area (Å²) < 4.78 is 19.8. The lowest BCUT2D eigenvalue weighted by atomic mass is 9.73. The summed E-state index contributed by atoms with van der Waals surface area (Å²) in [6, 6.07) is 13.6. The summed E-state index contributed by atoms with van der Waals surface area (Å²) in [6.07, 6.45) is 0.0115. The van der Waals surface area contributed by atoms with Crippen molar-refractivity contribution in [2.75, 3.05) is 19.6 Å². The number of piperidine rings is 1. The maximum Gasteiger partial charge on any atom is 0.216 e. The Kier molecular flexibility index (Phi) is 7.11. The topological polar surface area (TPSA) is 108 Å². The van der Waals surface area contributed by atoms with Gasteiger partial charge in [-0.25, -0.2) is 4.39 Å². The molecule has 1 unspecified atom stereocenters. The third kappa shape index (κ3) is 4.75. The van der Waals surface area contributed by atoms with Gasteiger partial charge in [0.15, 0.2) is 5.76 Å². The van der Waals surface area contributed by atoms with E-state index < -0.39 is 23.4 Å². The van der Waals surface area contributed by atoms with Gasteiger partial charge in [0.05, 0.1) is 23.3 Å². The SMILES string of the molecule is CC(=O)NCCc1ccccc1-c1onc([C@H]2CNCC[C@]2(O)c2cccc(F)c2)c1C(C)O. The maximum atomic E-state index is 14.0.